The van der Waals surface area contributed by atoms with E-state index in [9.17, 15) is 9.90 Å². The topological polar surface area (TPSA) is 113 Å². The summed E-state index contributed by atoms with van der Waals surface area (Å²) in [6.45, 7) is 4.72. The summed E-state index contributed by atoms with van der Waals surface area (Å²) in [6.07, 6.45) is 1.62. The average molecular weight is 368 g/mol. The van der Waals surface area contributed by atoms with E-state index in [-0.39, 0.29) is 11.7 Å². The average Bonchev–Trinajstić information content (AvgIpc) is 2.96. The Morgan fingerprint density at radius 3 is 2.63 bits per heavy atom. The first-order chi connectivity index (χ1) is 12.8. The number of H-pyrrole nitrogens is 1. The molecule has 0 atom stereocenters. The van der Waals surface area contributed by atoms with Gasteiger partial charge >= 0.3 is 5.69 Å². The molecular weight excluding hydrogens is 344 g/mol. The summed E-state index contributed by atoms with van der Waals surface area (Å²) in [5.74, 6) is 0.436. The number of phenolic OH excluding ortho intramolecular Hbond substituents is 1. The summed E-state index contributed by atoms with van der Waals surface area (Å²) in [6, 6.07) is 6.94. The maximum absolute atomic E-state index is 12.4. The highest BCUT2D eigenvalue weighted by Crippen LogP contribution is 2.35. The Hall–Kier alpha value is -3.13. The molecule has 2 heterocycles. The van der Waals surface area contributed by atoms with Crippen LogP contribution < -0.4 is 11.4 Å². The summed E-state index contributed by atoms with van der Waals surface area (Å²) in [5.41, 5.74) is 8.87. The molecule has 0 aliphatic rings. The van der Waals surface area contributed by atoms with E-state index in [1.165, 1.54) is 10.6 Å². The van der Waals surface area contributed by atoms with Gasteiger partial charge in [0, 0.05) is 18.3 Å². The first-order valence-corrected chi connectivity index (χ1v) is 8.68. The minimum absolute atomic E-state index is 0.0330. The second kappa shape index (κ2) is 7.24. The van der Waals surface area contributed by atoms with Crippen molar-refractivity contribution >= 4 is 5.69 Å². The molecule has 8 nitrogen and oxygen atoms in total. The molecule has 8 heteroatoms. The van der Waals surface area contributed by atoms with Gasteiger partial charge in [0.1, 0.15) is 5.75 Å². The second-order valence-corrected chi connectivity index (χ2v) is 7.09. The fourth-order valence-electron chi connectivity index (χ4n) is 2.98. The number of anilines is 1. The Morgan fingerprint density at radius 1 is 1.30 bits per heavy atom. The van der Waals surface area contributed by atoms with E-state index in [1.807, 2.05) is 45.0 Å². The van der Waals surface area contributed by atoms with Crippen LogP contribution in [-0.4, -0.2) is 43.9 Å². The summed E-state index contributed by atoms with van der Waals surface area (Å²) in [7, 11) is 3.93. The molecule has 0 fully saturated rings. The van der Waals surface area contributed by atoms with Crippen LogP contribution in [0.3, 0.4) is 0 Å². The van der Waals surface area contributed by atoms with Gasteiger partial charge in [-0.1, -0.05) is 13.8 Å². The van der Waals surface area contributed by atoms with Gasteiger partial charge in [-0.05, 0) is 43.8 Å². The third kappa shape index (κ3) is 3.70. The molecule has 0 spiro atoms. The quantitative estimate of drug-likeness (QED) is 0.594. The first kappa shape index (κ1) is 18.7. The molecule has 0 aliphatic heterocycles. The molecule has 0 saturated carbocycles. The van der Waals surface area contributed by atoms with Crippen LogP contribution in [0, 0.1) is 0 Å². The van der Waals surface area contributed by atoms with Crippen LogP contribution in [0.25, 0.3) is 17.1 Å². The molecule has 4 N–H and O–H groups in total. The van der Waals surface area contributed by atoms with Crippen LogP contribution in [0.2, 0.25) is 0 Å². The lowest BCUT2D eigenvalue weighted by Crippen LogP contribution is -2.17. The summed E-state index contributed by atoms with van der Waals surface area (Å²) in [5, 5.41) is 17.0. The number of pyridine rings is 1. The lowest BCUT2D eigenvalue weighted by atomic mass is 9.98. The van der Waals surface area contributed by atoms with Crippen LogP contribution >= 0.6 is 0 Å². The van der Waals surface area contributed by atoms with Crippen molar-refractivity contribution in [3.05, 3.63) is 52.2 Å². The Morgan fingerprint density at radius 2 is 2.04 bits per heavy atom. The lowest BCUT2D eigenvalue weighted by Gasteiger charge is -2.14. The molecule has 0 radical (unpaired) electrons. The zero-order chi connectivity index (χ0) is 19.7. The number of hydrogen-bond donors (Lipinski definition) is 3. The predicted octanol–water partition coefficient (Wildman–Crippen LogP) is 2.10. The maximum atomic E-state index is 12.4. The summed E-state index contributed by atoms with van der Waals surface area (Å²) in [4.78, 5) is 18.8. The first-order valence-electron chi connectivity index (χ1n) is 8.68. The summed E-state index contributed by atoms with van der Waals surface area (Å²) < 4.78 is 1.39. The van der Waals surface area contributed by atoms with Crippen molar-refractivity contribution in [1.29, 1.82) is 0 Å². The number of nitrogens with one attached hydrogen (secondary N) is 1. The molecule has 0 bridgehead atoms. The molecule has 0 amide bonds. The predicted molar refractivity (Wildman–Crippen MR) is 105 cm³/mol. The van der Waals surface area contributed by atoms with Crippen molar-refractivity contribution < 1.29 is 5.11 Å². The van der Waals surface area contributed by atoms with Crippen LogP contribution in [0.5, 0.6) is 5.75 Å². The molecular formula is C19H24N6O2. The standard InChI is InChI=1S/C19H24N6O2/c1-11(2)14-7-15(17(26)8-16(14)20)18-22-23-19(27)25(18)13-6-5-12(21-9-13)10-24(3)4/h5-9,11,26H,10,20H2,1-4H3,(H,23,27). The third-order valence-corrected chi connectivity index (χ3v) is 4.28. The second-order valence-electron chi connectivity index (χ2n) is 7.09. The highest BCUT2D eigenvalue weighted by atomic mass is 16.3. The summed E-state index contributed by atoms with van der Waals surface area (Å²) >= 11 is 0. The minimum Gasteiger partial charge on any atom is -0.507 e. The van der Waals surface area contributed by atoms with Gasteiger partial charge in [-0.15, -0.1) is 0 Å². The Kier molecular flexibility index (Phi) is 5.00. The van der Waals surface area contributed by atoms with Crippen molar-refractivity contribution in [3.8, 4) is 22.8 Å². The van der Waals surface area contributed by atoms with E-state index in [4.69, 9.17) is 5.73 Å². The van der Waals surface area contributed by atoms with Gasteiger partial charge in [-0.2, -0.15) is 5.10 Å². The fraction of sp³-hybridized carbons (Fsp3) is 0.316. The van der Waals surface area contributed by atoms with Crippen molar-refractivity contribution in [1.82, 2.24) is 24.6 Å². The Labute approximate surface area is 157 Å². The number of nitrogens with two attached hydrogens (primary N) is 1. The number of hydrogen-bond acceptors (Lipinski definition) is 6. The molecule has 2 aromatic heterocycles. The fourth-order valence-corrected chi connectivity index (χ4v) is 2.98. The van der Waals surface area contributed by atoms with Gasteiger partial charge in [0.15, 0.2) is 5.82 Å². The van der Waals surface area contributed by atoms with Crippen LogP contribution in [-0.2, 0) is 6.54 Å². The molecule has 3 aromatic rings. The van der Waals surface area contributed by atoms with E-state index in [0.29, 0.717) is 29.3 Å². The number of nitrogen functional groups attached to an aromatic ring is 1. The lowest BCUT2D eigenvalue weighted by molar-refractivity contribution is 0.397. The normalized spacial score (nSPS) is 11.5. The minimum atomic E-state index is -0.408. The van der Waals surface area contributed by atoms with Crippen molar-refractivity contribution in [2.45, 2.75) is 26.3 Å². The van der Waals surface area contributed by atoms with E-state index in [0.717, 1.165) is 11.3 Å². The van der Waals surface area contributed by atoms with Crippen molar-refractivity contribution in [2.75, 3.05) is 19.8 Å². The van der Waals surface area contributed by atoms with E-state index >= 15 is 0 Å². The molecule has 142 valence electrons. The highest BCUT2D eigenvalue weighted by molar-refractivity contribution is 5.71. The number of aromatic hydroxyl groups is 1. The van der Waals surface area contributed by atoms with Crippen molar-refractivity contribution in [3.63, 3.8) is 0 Å². The Bertz CT molecular complexity index is 1000. The van der Waals surface area contributed by atoms with E-state index < -0.39 is 5.69 Å². The van der Waals surface area contributed by atoms with Crippen LogP contribution in [0.15, 0.2) is 35.3 Å². The van der Waals surface area contributed by atoms with Crippen LogP contribution in [0.1, 0.15) is 31.0 Å². The van der Waals surface area contributed by atoms with Gasteiger partial charge in [-0.3, -0.25) is 4.98 Å². The zero-order valence-electron chi connectivity index (χ0n) is 15.9. The van der Waals surface area contributed by atoms with Gasteiger partial charge in [0.25, 0.3) is 0 Å². The molecule has 0 saturated heterocycles. The molecule has 27 heavy (non-hydrogen) atoms. The SMILES string of the molecule is CC(C)c1cc(-c2n[nH]c(=O)n2-c2ccc(CN(C)C)nc2)c(O)cc1N. The number of benzene rings is 1. The molecule has 0 unspecified atom stereocenters. The molecule has 3 rings (SSSR count). The zero-order valence-corrected chi connectivity index (χ0v) is 15.9. The molecule has 1 aromatic carbocycles. The highest BCUT2D eigenvalue weighted by Gasteiger charge is 2.19. The van der Waals surface area contributed by atoms with Crippen molar-refractivity contribution in [2.24, 2.45) is 0 Å². The molecule has 0 aliphatic carbocycles. The van der Waals surface area contributed by atoms with Gasteiger partial charge in [-0.25, -0.2) is 14.5 Å². The number of aromatic nitrogens is 4. The largest absolute Gasteiger partial charge is 0.507 e. The smallest absolute Gasteiger partial charge is 0.348 e. The van der Waals surface area contributed by atoms with Gasteiger partial charge in [0.2, 0.25) is 0 Å². The number of rotatable bonds is 5. The third-order valence-electron chi connectivity index (χ3n) is 4.28. The number of aromatic amines is 1. The van der Waals surface area contributed by atoms with Gasteiger partial charge < -0.3 is 15.7 Å². The Balaban J connectivity index is 2.11. The van der Waals surface area contributed by atoms with E-state index in [1.54, 1.807) is 12.3 Å². The van der Waals surface area contributed by atoms with Gasteiger partial charge in [0.05, 0.1) is 23.1 Å². The number of phenols is 1. The van der Waals surface area contributed by atoms with Crippen LogP contribution in [0.4, 0.5) is 5.69 Å². The number of nitrogens with zero attached hydrogens (tertiary/aromatic N) is 4. The van der Waals surface area contributed by atoms with E-state index in [2.05, 4.69) is 15.2 Å². The monoisotopic (exact) mass is 368 g/mol. The maximum Gasteiger partial charge on any atom is 0.348 e.